The molecule has 0 aliphatic heterocycles. The van der Waals surface area contributed by atoms with Crippen molar-refractivity contribution in [2.24, 2.45) is 7.05 Å². The van der Waals surface area contributed by atoms with Crippen LogP contribution in [-0.2, 0) is 19.2 Å². The van der Waals surface area contributed by atoms with Gasteiger partial charge in [-0.1, -0.05) is 18.2 Å². The summed E-state index contributed by atoms with van der Waals surface area (Å²) in [6.45, 7) is 7.36. The van der Waals surface area contributed by atoms with Gasteiger partial charge in [-0.15, -0.1) is 6.58 Å². The summed E-state index contributed by atoms with van der Waals surface area (Å²) in [7, 11) is 1.99. The van der Waals surface area contributed by atoms with Gasteiger partial charge in [0.1, 0.15) is 11.0 Å². The van der Waals surface area contributed by atoms with Crippen molar-refractivity contribution in [3.8, 4) is 5.82 Å². The van der Waals surface area contributed by atoms with E-state index >= 15 is 0 Å². The van der Waals surface area contributed by atoms with Crippen molar-refractivity contribution in [1.29, 1.82) is 0 Å². The summed E-state index contributed by atoms with van der Waals surface area (Å²) in [5.41, 5.74) is 1.40. The summed E-state index contributed by atoms with van der Waals surface area (Å²) in [5.74, 6) is 0.813. The number of rotatable bonds is 6. The SMILES string of the molecule is C=CCn1c(=O)c2cnc(Nc3ccc4ccn(C)c4c3)nc2n1-c1cccc(C(C)(C)O)n1. The zero-order valence-corrected chi connectivity index (χ0v) is 19.2. The Morgan fingerprint density at radius 3 is 2.76 bits per heavy atom. The van der Waals surface area contributed by atoms with Crippen LogP contribution in [0.2, 0.25) is 0 Å². The summed E-state index contributed by atoms with van der Waals surface area (Å²) in [6.07, 6.45) is 5.16. The molecule has 0 aliphatic rings. The summed E-state index contributed by atoms with van der Waals surface area (Å²) >= 11 is 0. The van der Waals surface area contributed by atoms with Crippen LogP contribution in [0.5, 0.6) is 0 Å². The van der Waals surface area contributed by atoms with E-state index in [9.17, 15) is 9.90 Å². The molecule has 0 saturated heterocycles. The molecule has 4 heterocycles. The third-order valence-corrected chi connectivity index (χ3v) is 5.70. The molecule has 0 radical (unpaired) electrons. The highest BCUT2D eigenvalue weighted by molar-refractivity contribution is 5.84. The molecule has 4 aromatic heterocycles. The maximum absolute atomic E-state index is 13.1. The molecule has 5 aromatic rings. The molecular weight excluding hydrogens is 430 g/mol. The Labute approximate surface area is 195 Å². The molecule has 1 aromatic carbocycles. The van der Waals surface area contributed by atoms with Crippen molar-refractivity contribution >= 4 is 33.6 Å². The largest absolute Gasteiger partial charge is 0.384 e. The van der Waals surface area contributed by atoms with E-state index in [0.29, 0.717) is 28.5 Å². The molecule has 2 N–H and O–H groups in total. The van der Waals surface area contributed by atoms with Gasteiger partial charge in [0.05, 0.1) is 12.2 Å². The fraction of sp³-hybridized carbons (Fsp3) is 0.200. The van der Waals surface area contributed by atoms with E-state index in [1.165, 1.54) is 10.9 Å². The third kappa shape index (κ3) is 3.65. The Balaban J connectivity index is 1.66. The number of nitrogens with zero attached hydrogens (tertiary/aromatic N) is 6. The van der Waals surface area contributed by atoms with Crippen molar-refractivity contribution in [2.75, 3.05) is 5.32 Å². The molecule has 172 valence electrons. The number of benzene rings is 1. The molecular formula is C25H25N7O2. The Hall–Kier alpha value is -4.24. The summed E-state index contributed by atoms with van der Waals surface area (Å²) in [6, 6.07) is 13.4. The lowest BCUT2D eigenvalue weighted by atomic mass is 10.1. The second-order valence-corrected chi connectivity index (χ2v) is 8.68. The number of aromatic nitrogens is 6. The van der Waals surface area contributed by atoms with Gasteiger partial charge in [0.25, 0.3) is 5.56 Å². The van der Waals surface area contributed by atoms with E-state index in [2.05, 4.69) is 32.9 Å². The first kappa shape index (κ1) is 21.6. The molecule has 5 rings (SSSR count). The van der Waals surface area contributed by atoms with E-state index in [1.54, 1.807) is 42.8 Å². The van der Waals surface area contributed by atoms with Crippen molar-refractivity contribution in [3.63, 3.8) is 0 Å². The van der Waals surface area contributed by atoms with Crippen LogP contribution in [-0.4, -0.2) is 34.0 Å². The minimum atomic E-state index is -1.14. The highest BCUT2D eigenvalue weighted by Crippen LogP contribution is 2.24. The van der Waals surface area contributed by atoms with Gasteiger partial charge in [-0.05, 0) is 49.6 Å². The van der Waals surface area contributed by atoms with Crippen molar-refractivity contribution < 1.29 is 5.11 Å². The first-order valence-corrected chi connectivity index (χ1v) is 10.9. The van der Waals surface area contributed by atoms with Crippen molar-refractivity contribution in [1.82, 2.24) is 28.9 Å². The van der Waals surface area contributed by atoms with E-state index in [1.807, 2.05) is 36.0 Å². The lowest BCUT2D eigenvalue weighted by molar-refractivity contribution is 0.0738. The Morgan fingerprint density at radius 2 is 2.00 bits per heavy atom. The standard InChI is InChI=1S/C25H25N7O2/c1-5-12-31-23(33)18-15-26-24(27-17-10-9-16-11-13-30(4)19(16)14-17)29-22(18)32(31)21-8-6-7-20(28-21)25(2,3)34/h5-11,13-15,34H,1,12H2,2-4H3,(H,26,27,29). The van der Waals surface area contributed by atoms with E-state index < -0.39 is 5.60 Å². The highest BCUT2D eigenvalue weighted by atomic mass is 16.3. The first-order valence-electron chi connectivity index (χ1n) is 10.9. The fourth-order valence-corrected chi connectivity index (χ4v) is 3.96. The van der Waals surface area contributed by atoms with Gasteiger partial charge in [-0.25, -0.2) is 19.3 Å². The third-order valence-electron chi connectivity index (χ3n) is 5.70. The monoisotopic (exact) mass is 455 g/mol. The number of hydrogen-bond acceptors (Lipinski definition) is 6. The fourth-order valence-electron chi connectivity index (χ4n) is 3.96. The van der Waals surface area contributed by atoms with Gasteiger partial charge < -0.3 is 15.0 Å². The van der Waals surface area contributed by atoms with Crippen LogP contribution < -0.4 is 10.9 Å². The maximum Gasteiger partial charge on any atom is 0.278 e. The minimum Gasteiger partial charge on any atom is -0.384 e. The number of aliphatic hydroxyl groups is 1. The Morgan fingerprint density at radius 1 is 1.18 bits per heavy atom. The summed E-state index contributed by atoms with van der Waals surface area (Å²) in [4.78, 5) is 26.8. The number of hydrogen-bond donors (Lipinski definition) is 2. The lowest BCUT2D eigenvalue weighted by Crippen LogP contribution is -2.23. The predicted octanol–water partition coefficient (Wildman–Crippen LogP) is 3.63. The first-order chi connectivity index (χ1) is 16.3. The van der Waals surface area contributed by atoms with Gasteiger partial charge in [-0.2, -0.15) is 4.98 Å². The number of aryl methyl sites for hydroxylation is 1. The Bertz CT molecular complexity index is 1600. The van der Waals surface area contributed by atoms with Gasteiger partial charge >= 0.3 is 0 Å². The number of nitrogens with one attached hydrogen (secondary N) is 1. The highest BCUT2D eigenvalue weighted by Gasteiger charge is 2.21. The lowest BCUT2D eigenvalue weighted by Gasteiger charge is -2.18. The van der Waals surface area contributed by atoms with Crippen LogP contribution in [0, 0.1) is 0 Å². The molecule has 34 heavy (non-hydrogen) atoms. The second-order valence-electron chi connectivity index (χ2n) is 8.68. The number of anilines is 2. The molecule has 0 fully saturated rings. The summed E-state index contributed by atoms with van der Waals surface area (Å²) < 4.78 is 5.18. The van der Waals surface area contributed by atoms with Gasteiger partial charge in [0.15, 0.2) is 11.5 Å². The summed E-state index contributed by atoms with van der Waals surface area (Å²) in [5, 5.41) is 15.2. The van der Waals surface area contributed by atoms with E-state index in [0.717, 1.165) is 16.6 Å². The average molecular weight is 456 g/mol. The normalized spacial score (nSPS) is 11.9. The number of fused-ring (bicyclic) bond motifs is 2. The predicted molar refractivity (Wildman–Crippen MR) is 133 cm³/mol. The molecule has 0 unspecified atom stereocenters. The zero-order valence-electron chi connectivity index (χ0n) is 19.2. The molecule has 0 atom stereocenters. The maximum atomic E-state index is 13.1. The molecule has 0 amide bonds. The molecule has 9 heteroatoms. The number of pyridine rings is 1. The Kier molecular flexibility index (Phi) is 5.06. The van der Waals surface area contributed by atoms with Crippen molar-refractivity contribution in [3.05, 3.63) is 83.6 Å². The van der Waals surface area contributed by atoms with Crippen LogP contribution in [0.15, 0.2) is 72.3 Å². The van der Waals surface area contributed by atoms with Crippen LogP contribution >= 0.6 is 0 Å². The molecule has 0 saturated carbocycles. The quantitative estimate of drug-likeness (QED) is 0.379. The second kappa shape index (κ2) is 7.96. The van der Waals surface area contributed by atoms with Gasteiger partial charge in [0.2, 0.25) is 5.95 Å². The molecule has 0 bridgehead atoms. The van der Waals surface area contributed by atoms with Gasteiger partial charge in [-0.3, -0.25) is 4.79 Å². The van der Waals surface area contributed by atoms with E-state index in [4.69, 9.17) is 0 Å². The van der Waals surface area contributed by atoms with Crippen LogP contribution in [0.25, 0.3) is 27.8 Å². The average Bonchev–Trinajstić information content (AvgIpc) is 3.31. The molecule has 0 aliphatic carbocycles. The zero-order chi connectivity index (χ0) is 24.0. The van der Waals surface area contributed by atoms with Crippen LogP contribution in [0.3, 0.4) is 0 Å². The number of allylic oxidation sites excluding steroid dienone is 1. The van der Waals surface area contributed by atoms with Gasteiger partial charge in [0, 0.05) is 30.6 Å². The minimum absolute atomic E-state index is 0.248. The molecule has 0 spiro atoms. The van der Waals surface area contributed by atoms with Crippen LogP contribution in [0.1, 0.15) is 19.5 Å². The van der Waals surface area contributed by atoms with Crippen molar-refractivity contribution in [2.45, 2.75) is 26.0 Å². The van der Waals surface area contributed by atoms with Crippen LogP contribution in [0.4, 0.5) is 11.6 Å². The topological polar surface area (TPSA) is 103 Å². The smallest absolute Gasteiger partial charge is 0.278 e. The molecule has 9 nitrogen and oxygen atoms in total. The van der Waals surface area contributed by atoms with E-state index in [-0.39, 0.29) is 12.1 Å².